The number of ketones is 2. The van der Waals surface area contributed by atoms with E-state index < -0.39 is 0 Å². The maximum atomic E-state index is 10.9. The van der Waals surface area contributed by atoms with Crippen LogP contribution in [0, 0.1) is 13.8 Å². The van der Waals surface area contributed by atoms with Crippen LogP contribution < -0.4 is 0 Å². The Kier molecular flexibility index (Phi) is 19.5. The molecule has 4 aromatic rings. The molecule has 0 saturated carbocycles. The van der Waals surface area contributed by atoms with Crippen molar-refractivity contribution in [3.63, 3.8) is 0 Å². The lowest BCUT2D eigenvalue weighted by molar-refractivity contribution is -0.121. The molecule has 2 aromatic carbocycles. The molecule has 0 atom stereocenters. The van der Waals surface area contributed by atoms with E-state index in [2.05, 4.69) is 9.97 Å². The number of ether oxygens (including phenoxy) is 1. The number of carbonyl (C=O) groups excluding carboxylic acids is 2. The molecule has 0 aliphatic carbocycles. The van der Waals surface area contributed by atoms with Gasteiger partial charge in [-0.05, 0) is 52.0 Å². The summed E-state index contributed by atoms with van der Waals surface area (Å²) in [5.74, 6) is 4.18. The summed E-state index contributed by atoms with van der Waals surface area (Å²) in [5.41, 5.74) is 3.55. The molecule has 0 amide bonds. The van der Waals surface area contributed by atoms with Crippen LogP contribution in [0.25, 0.3) is 22.9 Å². The quantitative estimate of drug-likeness (QED) is 0.183. The van der Waals surface area contributed by atoms with Gasteiger partial charge in [-0.1, -0.05) is 71.5 Å². The van der Waals surface area contributed by atoms with Gasteiger partial charge in [0, 0.05) is 16.9 Å². The largest absolute Gasteiger partial charge is 0.441 e. The Morgan fingerprint density at radius 1 is 0.732 bits per heavy atom. The summed E-state index contributed by atoms with van der Waals surface area (Å²) in [7, 11) is 0. The van der Waals surface area contributed by atoms with E-state index in [0.717, 1.165) is 34.0 Å². The van der Waals surface area contributed by atoms with Crippen molar-refractivity contribution >= 4 is 23.3 Å². The summed E-state index contributed by atoms with van der Waals surface area (Å²) in [4.78, 5) is 30.5. The topological polar surface area (TPSA) is 95.4 Å². The number of benzene rings is 2. The smallest absolute Gasteiger partial charge is 0.226 e. The lowest BCUT2D eigenvalue weighted by Crippen LogP contribution is -2.04. The molecule has 41 heavy (non-hydrogen) atoms. The van der Waals surface area contributed by atoms with Crippen molar-refractivity contribution in [2.24, 2.45) is 0 Å². The van der Waals surface area contributed by atoms with Gasteiger partial charge in [-0.3, -0.25) is 9.59 Å². The number of Topliss-reactive ketones (excluding diaryl/α,β-unsaturated/α-hetero) is 2. The molecule has 0 N–H and O–H groups in total. The third kappa shape index (κ3) is 13.6. The molecule has 224 valence electrons. The Morgan fingerprint density at radius 2 is 1.17 bits per heavy atom. The summed E-state index contributed by atoms with van der Waals surface area (Å²) in [6, 6.07) is 19.5. The first-order valence-corrected chi connectivity index (χ1v) is 14.7. The molecule has 0 radical (unpaired) electrons. The average Bonchev–Trinajstić information content (AvgIpc) is 3.54. The number of thioether (sulfide) groups is 1. The zero-order chi connectivity index (χ0) is 29.9. The third-order valence-electron chi connectivity index (χ3n) is 4.92. The minimum absolute atomic E-state index is 0. The highest BCUT2D eigenvalue weighted by Crippen LogP contribution is 2.24. The zero-order valence-electron chi connectivity index (χ0n) is 24.9. The number of carbonyl (C=O) groups is 2. The summed E-state index contributed by atoms with van der Waals surface area (Å²) >= 11 is 1.57. The van der Waals surface area contributed by atoms with Crippen molar-refractivity contribution in [3.05, 3.63) is 83.6 Å². The number of hydrogen-bond donors (Lipinski definition) is 0. The predicted molar refractivity (Wildman–Crippen MR) is 170 cm³/mol. The molecule has 0 saturated heterocycles. The normalized spacial score (nSPS) is 9.56. The molecule has 4 rings (SSSR count). The maximum Gasteiger partial charge on any atom is 0.226 e. The number of oxazole rings is 2. The van der Waals surface area contributed by atoms with Crippen molar-refractivity contribution < 1.29 is 23.2 Å². The molecule has 0 aliphatic heterocycles. The second-order valence-corrected chi connectivity index (χ2v) is 9.15. The van der Waals surface area contributed by atoms with E-state index in [1.165, 1.54) is 6.92 Å². The van der Waals surface area contributed by atoms with Crippen LogP contribution in [-0.2, 0) is 26.7 Å². The van der Waals surface area contributed by atoms with Crippen LogP contribution in [-0.4, -0.2) is 33.9 Å². The second kappa shape index (κ2) is 21.3. The van der Waals surface area contributed by atoms with Gasteiger partial charge < -0.3 is 13.6 Å². The van der Waals surface area contributed by atoms with Gasteiger partial charge in [-0.25, -0.2) is 9.97 Å². The molecule has 8 heteroatoms. The van der Waals surface area contributed by atoms with Gasteiger partial charge in [0.25, 0.3) is 0 Å². The van der Waals surface area contributed by atoms with Crippen LogP contribution in [0.5, 0.6) is 0 Å². The Morgan fingerprint density at radius 3 is 1.61 bits per heavy atom. The lowest BCUT2D eigenvalue weighted by Gasteiger charge is -1.97. The van der Waals surface area contributed by atoms with Gasteiger partial charge in [-0.2, -0.15) is 0 Å². The van der Waals surface area contributed by atoms with Gasteiger partial charge in [0.1, 0.15) is 29.6 Å². The average molecular weight is 583 g/mol. The zero-order valence-corrected chi connectivity index (χ0v) is 25.8. The van der Waals surface area contributed by atoms with Crippen LogP contribution >= 0.6 is 11.8 Å². The molecule has 0 fully saturated rings. The predicted octanol–water partition coefficient (Wildman–Crippen LogP) is 8.92. The van der Waals surface area contributed by atoms with Crippen molar-refractivity contribution in [1.29, 1.82) is 0 Å². The molecule has 0 spiro atoms. The first kappa shape index (κ1) is 37.5. The Bertz CT molecular complexity index is 1170. The van der Waals surface area contributed by atoms with Crippen LogP contribution in [0.1, 0.15) is 71.9 Å². The third-order valence-corrected chi connectivity index (χ3v) is 6.00. The highest BCUT2D eigenvalue weighted by atomic mass is 32.2. The Hall–Kier alpha value is -3.49. The summed E-state index contributed by atoms with van der Waals surface area (Å²) in [6.45, 7) is 15.2. The van der Waals surface area contributed by atoms with Gasteiger partial charge >= 0.3 is 0 Å². The van der Waals surface area contributed by atoms with Crippen LogP contribution in [0.2, 0.25) is 0 Å². The van der Waals surface area contributed by atoms with E-state index >= 15 is 0 Å². The standard InChI is InChI=1S/C14H15NO3.C14H15NO2S.2C2H6.CH4/c1-10(16)8-17-9-13-11(2)18-14(15-13)12-6-4-3-5-7-12;1-10(16)8-18-9-13-11(2)17-14(15-13)12-6-4-3-5-7-12;2*1-2;/h2*3-7H,8-9H2,1-2H3;2*1-2H3;1H4. The Labute approximate surface area is 250 Å². The van der Waals surface area contributed by atoms with Gasteiger partial charge in [0.05, 0.1) is 18.1 Å². The van der Waals surface area contributed by atoms with E-state index in [1.54, 1.807) is 18.7 Å². The van der Waals surface area contributed by atoms with Crippen molar-refractivity contribution in [2.45, 2.75) is 75.2 Å². The summed E-state index contributed by atoms with van der Waals surface area (Å²) < 4.78 is 16.5. The minimum atomic E-state index is -0.000527. The van der Waals surface area contributed by atoms with Crippen molar-refractivity contribution in [2.75, 3.05) is 12.4 Å². The highest BCUT2D eigenvalue weighted by molar-refractivity contribution is 7.99. The fourth-order valence-electron chi connectivity index (χ4n) is 3.12. The van der Waals surface area contributed by atoms with Crippen molar-refractivity contribution in [3.8, 4) is 22.9 Å². The molecule has 0 bridgehead atoms. The van der Waals surface area contributed by atoms with E-state index in [1.807, 2.05) is 102 Å². The fraction of sp³-hybridized carbons (Fsp3) is 0.394. The molecular formula is C33H46N2O5S. The van der Waals surface area contributed by atoms with Crippen LogP contribution in [0.4, 0.5) is 0 Å². The van der Waals surface area contributed by atoms with Gasteiger partial charge in [-0.15, -0.1) is 11.8 Å². The fourth-order valence-corrected chi connectivity index (χ4v) is 3.97. The van der Waals surface area contributed by atoms with Gasteiger partial charge in [0.15, 0.2) is 5.78 Å². The number of aromatic nitrogens is 2. The maximum absolute atomic E-state index is 10.9. The molecule has 0 aliphatic rings. The highest BCUT2D eigenvalue weighted by Gasteiger charge is 2.12. The summed E-state index contributed by atoms with van der Waals surface area (Å²) in [5, 5.41) is 0. The van der Waals surface area contributed by atoms with Gasteiger partial charge in [0.2, 0.25) is 11.8 Å². The number of rotatable bonds is 10. The SMILES string of the molecule is C.CC.CC.CC(=O)COCc1nc(-c2ccccc2)oc1C.CC(=O)CSCc1nc(-c2ccccc2)oc1C. The van der Waals surface area contributed by atoms with Crippen LogP contribution in [0.3, 0.4) is 0 Å². The first-order valence-electron chi connectivity index (χ1n) is 13.5. The molecule has 2 heterocycles. The molecule has 7 nitrogen and oxygen atoms in total. The molecule has 2 aromatic heterocycles. The van der Waals surface area contributed by atoms with E-state index in [4.69, 9.17) is 13.6 Å². The van der Waals surface area contributed by atoms with E-state index in [9.17, 15) is 9.59 Å². The lowest BCUT2D eigenvalue weighted by atomic mass is 10.2. The molecule has 0 unspecified atom stereocenters. The van der Waals surface area contributed by atoms with Crippen LogP contribution in [0.15, 0.2) is 69.5 Å². The number of hydrogen-bond acceptors (Lipinski definition) is 8. The van der Waals surface area contributed by atoms with Crippen molar-refractivity contribution in [1.82, 2.24) is 9.97 Å². The second-order valence-electron chi connectivity index (χ2n) is 8.17. The molecular weight excluding hydrogens is 536 g/mol. The minimum Gasteiger partial charge on any atom is -0.441 e. The monoisotopic (exact) mass is 582 g/mol. The summed E-state index contributed by atoms with van der Waals surface area (Å²) in [6.07, 6.45) is 0. The van der Waals surface area contributed by atoms with E-state index in [-0.39, 0.29) is 25.6 Å². The number of nitrogens with zero attached hydrogens (tertiary/aromatic N) is 2. The first-order chi connectivity index (χ1) is 19.3. The van der Waals surface area contributed by atoms with E-state index in [0.29, 0.717) is 29.9 Å². The number of aryl methyl sites for hydroxylation is 2. The Balaban J connectivity index is 0.000000681.